The highest BCUT2D eigenvalue weighted by Crippen LogP contribution is 2.20. The molecular formula is C13H22N2O3S. The summed E-state index contributed by atoms with van der Waals surface area (Å²) in [5, 5.41) is 3.88. The number of carbonyl (C=O) groups is 1. The van der Waals surface area contributed by atoms with E-state index in [4.69, 9.17) is 9.15 Å². The fraction of sp³-hybridized carbons (Fsp3) is 0.692. The van der Waals surface area contributed by atoms with Gasteiger partial charge >= 0.3 is 5.97 Å². The molecule has 1 heterocycles. The van der Waals surface area contributed by atoms with Crippen LogP contribution in [-0.4, -0.2) is 35.4 Å². The molecule has 1 aromatic rings. The van der Waals surface area contributed by atoms with Gasteiger partial charge in [0.15, 0.2) is 0 Å². The van der Waals surface area contributed by atoms with Crippen molar-refractivity contribution in [1.82, 2.24) is 10.3 Å². The van der Waals surface area contributed by atoms with E-state index in [2.05, 4.69) is 10.3 Å². The topological polar surface area (TPSA) is 64.4 Å². The number of esters is 1. The Bertz CT molecular complexity index is 370. The van der Waals surface area contributed by atoms with Crippen molar-refractivity contribution in [2.75, 3.05) is 18.9 Å². The van der Waals surface area contributed by atoms with Gasteiger partial charge in [0.05, 0.1) is 12.8 Å². The van der Waals surface area contributed by atoms with E-state index in [1.165, 1.54) is 0 Å². The monoisotopic (exact) mass is 286 g/mol. The third-order valence-electron chi connectivity index (χ3n) is 2.75. The molecule has 19 heavy (non-hydrogen) atoms. The highest BCUT2D eigenvalue weighted by Gasteiger charge is 2.33. The van der Waals surface area contributed by atoms with Crippen molar-refractivity contribution < 1.29 is 13.9 Å². The molecule has 5 nitrogen and oxygen atoms in total. The van der Waals surface area contributed by atoms with Gasteiger partial charge in [0.1, 0.15) is 11.8 Å². The average molecular weight is 286 g/mol. The Balaban J connectivity index is 2.38. The summed E-state index contributed by atoms with van der Waals surface area (Å²) in [7, 11) is 0. The van der Waals surface area contributed by atoms with Gasteiger partial charge < -0.3 is 14.5 Å². The summed E-state index contributed by atoms with van der Waals surface area (Å²) in [6, 6.07) is 0. The Morgan fingerprint density at radius 3 is 2.95 bits per heavy atom. The van der Waals surface area contributed by atoms with Gasteiger partial charge in [-0.25, -0.2) is 4.98 Å². The van der Waals surface area contributed by atoms with Crippen molar-refractivity contribution in [3.05, 3.63) is 12.5 Å². The van der Waals surface area contributed by atoms with Gasteiger partial charge in [0.25, 0.3) is 5.22 Å². The van der Waals surface area contributed by atoms with E-state index < -0.39 is 5.54 Å². The number of thioether (sulfide) groups is 1. The number of rotatable bonds is 9. The molecule has 6 heteroatoms. The fourth-order valence-corrected chi connectivity index (χ4v) is 2.53. The van der Waals surface area contributed by atoms with Gasteiger partial charge in [-0.05, 0) is 33.2 Å². The quantitative estimate of drug-likeness (QED) is 0.427. The van der Waals surface area contributed by atoms with Gasteiger partial charge in [0.2, 0.25) is 0 Å². The molecule has 108 valence electrons. The number of nitrogens with zero attached hydrogens (tertiary/aromatic N) is 1. The van der Waals surface area contributed by atoms with E-state index in [0.29, 0.717) is 11.8 Å². The van der Waals surface area contributed by atoms with E-state index >= 15 is 0 Å². The summed E-state index contributed by atoms with van der Waals surface area (Å²) in [5.41, 5.74) is -0.609. The molecule has 1 atom stereocenters. The smallest absolute Gasteiger partial charge is 0.326 e. The zero-order valence-electron chi connectivity index (χ0n) is 11.8. The lowest BCUT2D eigenvalue weighted by Crippen LogP contribution is -2.50. The SMILES string of the molecule is CCNC(C)(CCCSc1ncco1)C(=O)OCC. The molecule has 1 N–H and O–H groups in total. The first kappa shape index (κ1) is 16.0. The van der Waals surface area contributed by atoms with Gasteiger partial charge in [-0.15, -0.1) is 0 Å². The number of carbonyl (C=O) groups excluding carboxylic acids is 1. The van der Waals surface area contributed by atoms with Crippen LogP contribution in [0.15, 0.2) is 22.1 Å². The molecule has 1 unspecified atom stereocenters. The first-order valence-corrected chi connectivity index (χ1v) is 7.55. The molecular weight excluding hydrogens is 264 g/mol. The predicted octanol–water partition coefficient (Wildman–Crippen LogP) is 2.48. The van der Waals surface area contributed by atoms with Gasteiger partial charge in [-0.1, -0.05) is 18.7 Å². The zero-order chi connectivity index (χ0) is 14.1. The van der Waals surface area contributed by atoms with Gasteiger partial charge in [-0.2, -0.15) is 0 Å². The lowest BCUT2D eigenvalue weighted by molar-refractivity contribution is -0.150. The molecule has 0 aliphatic carbocycles. The van der Waals surface area contributed by atoms with Crippen molar-refractivity contribution in [3.8, 4) is 0 Å². The van der Waals surface area contributed by atoms with E-state index in [-0.39, 0.29) is 5.97 Å². The molecule has 0 amide bonds. The second-order valence-electron chi connectivity index (χ2n) is 4.33. The maximum atomic E-state index is 12.0. The Kier molecular flexibility index (Phi) is 6.94. The molecule has 0 aliphatic heterocycles. The normalized spacial score (nSPS) is 14.1. The van der Waals surface area contributed by atoms with E-state index in [1.54, 1.807) is 24.2 Å². The molecule has 0 saturated heterocycles. The Morgan fingerprint density at radius 1 is 1.58 bits per heavy atom. The van der Waals surface area contributed by atoms with Gasteiger partial charge in [0, 0.05) is 5.75 Å². The summed E-state index contributed by atoms with van der Waals surface area (Å²) >= 11 is 1.55. The number of nitrogens with one attached hydrogen (secondary N) is 1. The molecule has 0 radical (unpaired) electrons. The molecule has 1 rings (SSSR count). The summed E-state index contributed by atoms with van der Waals surface area (Å²) in [5.74, 6) is 0.680. The predicted molar refractivity (Wildman–Crippen MR) is 75.2 cm³/mol. The van der Waals surface area contributed by atoms with Crippen molar-refractivity contribution in [3.63, 3.8) is 0 Å². The highest BCUT2D eigenvalue weighted by molar-refractivity contribution is 7.99. The molecule has 0 fully saturated rings. The van der Waals surface area contributed by atoms with Gasteiger partial charge in [-0.3, -0.25) is 4.79 Å². The Labute approximate surface area is 118 Å². The summed E-state index contributed by atoms with van der Waals surface area (Å²) in [6.07, 6.45) is 4.80. The summed E-state index contributed by atoms with van der Waals surface area (Å²) < 4.78 is 10.3. The molecule has 0 bridgehead atoms. The second-order valence-corrected chi connectivity index (χ2v) is 5.38. The molecule has 0 saturated carbocycles. The zero-order valence-corrected chi connectivity index (χ0v) is 12.6. The number of hydrogen-bond acceptors (Lipinski definition) is 6. The first-order chi connectivity index (χ1) is 9.12. The third-order valence-corrected chi connectivity index (χ3v) is 3.69. The highest BCUT2D eigenvalue weighted by atomic mass is 32.2. The third kappa shape index (κ3) is 5.24. The van der Waals surface area contributed by atoms with Crippen molar-refractivity contribution in [2.24, 2.45) is 0 Å². The number of aromatic nitrogens is 1. The maximum Gasteiger partial charge on any atom is 0.326 e. The molecule has 0 aromatic carbocycles. The standard InChI is InChI=1S/C13H22N2O3S/c1-4-15-13(3,11(16)17-5-2)7-6-10-19-12-14-8-9-18-12/h8-9,15H,4-7,10H2,1-3H3. The minimum Gasteiger partial charge on any atom is -0.465 e. The van der Waals surface area contributed by atoms with Crippen molar-refractivity contribution in [2.45, 2.75) is 44.4 Å². The van der Waals surface area contributed by atoms with Crippen LogP contribution < -0.4 is 5.32 Å². The van der Waals surface area contributed by atoms with Crippen LogP contribution in [0.25, 0.3) is 0 Å². The minimum atomic E-state index is -0.609. The number of hydrogen-bond donors (Lipinski definition) is 1. The number of oxazole rings is 1. The largest absolute Gasteiger partial charge is 0.465 e. The van der Waals surface area contributed by atoms with Crippen LogP contribution in [0.3, 0.4) is 0 Å². The fourth-order valence-electron chi connectivity index (χ4n) is 1.81. The lowest BCUT2D eigenvalue weighted by atomic mass is 9.96. The first-order valence-electron chi connectivity index (χ1n) is 6.57. The summed E-state index contributed by atoms with van der Waals surface area (Å²) in [4.78, 5) is 16.0. The lowest BCUT2D eigenvalue weighted by Gasteiger charge is -2.27. The van der Waals surface area contributed by atoms with Crippen LogP contribution >= 0.6 is 11.8 Å². The number of ether oxygens (including phenoxy) is 1. The van der Waals surface area contributed by atoms with Crippen LogP contribution in [-0.2, 0) is 9.53 Å². The van der Waals surface area contributed by atoms with E-state index in [9.17, 15) is 4.79 Å². The Morgan fingerprint density at radius 2 is 2.37 bits per heavy atom. The van der Waals surface area contributed by atoms with E-state index in [1.807, 2.05) is 20.8 Å². The number of likely N-dealkylation sites (N-methyl/N-ethyl adjacent to an activating group) is 1. The van der Waals surface area contributed by atoms with Crippen LogP contribution in [0, 0.1) is 0 Å². The molecule has 0 spiro atoms. The van der Waals surface area contributed by atoms with Crippen molar-refractivity contribution >= 4 is 17.7 Å². The minimum absolute atomic E-state index is 0.182. The van der Waals surface area contributed by atoms with Crippen LogP contribution in [0.4, 0.5) is 0 Å². The van der Waals surface area contributed by atoms with Crippen LogP contribution in [0.5, 0.6) is 0 Å². The summed E-state index contributed by atoms with van der Waals surface area (Å²) in [6.45, 7) is 6.85. The van der Waals surface area contributed by atoms with Crippen LogP contribution in [0.1, 0.15) is 33.6 Å². The van der Waals surface area contributed by atoms with Crippen molar-refractivity contribution in [1.29, 1.82) is 0 Å². The Hall–Kier alpha value is -1.01. The molecule has 0 aliphatic rings. The van der Waals surface area contributed by atoms with Crippen LogP contribution in [0.2, 0.25) is 0 Å². The average Bonchev–Trinajstić information content (AvgIpc) is 2.88. The van der Waals surface area contributed by atoms with E-state index in [0.717, 1.165) is 25.1 Å². The second kappa shape index (κ2) is 8.22. The molecule has 1 aromatic heterocycles. The maximum absolute atomic E-state index is 12.0.